The minimum atomic E-state index is 0.614. The van der Waals surface area contributed by atoms with E-state index in [2.05, 4.69) is 13.0 Å². The van der Waals surface area contributed by atoms with Crippen LogP contribution in [0.25, 0.3) is 0 Å². The highest BCUT2D eigenvalue weighted by atomic mass is 16.5. The van der Waals surface area contributed by atoms with Crippen LogP contribution in [0, 0.1) is 5.92 Å². The maximum atomic E-state index is 5.29. The van der Waals surface area contributed by atoms with Crippen LogP contribution >= 0.6 is 0 Å². The van der Waals surface area contributed by atoms with Gasteiger partial charge < -0.3 is 4.74 Å². The van der Waals surface area contributed by atoms with Crippen molar-refractivity contribution in [1.82, 2.24) is 0 Å². The van der Waals surface area contributed by atoms with Crippen molar-refractivity contribution in [2.75, 3.05) is 13.7 Å². The summed E-state index contributed by atoms with van der Waals surface area (Å²) >= 11 is 0. The van der Waals surface area contributed by atoms with Crippen molar-refractivity contribution in [2.24, 2.45) is 5.92 Å². The molecule has 0 aromatic rings. The second-order valence-electron chi connectivity index (χ2n) is 5.50. The normalized spacial score (nSPS) is 22.1. The fourth-order valence-electron chi connectivity index (χ4n) is 2.73. The standard InChI is InChI=1S/C16H30O/c1-15(14-17-2)16-12-10-8-6-4-3-5-7-9-11-13-16/h12,15H,3-11,13-14H2,1-2H3. The number of allylic oxidation sites excluding steroid dienone is 1. The Morgan fingerprint density at radius 2 is 1.59 bits per heavy atom. The van der Waals surface area contributed by atoms with Crippen LogP contribution in [0.15, 0.2) is 11.6 Å². The first-order chi connectivity index (χ1) is 8.34. The van der Waals surface area contributed by atoms with Gasteiger partial charge in [-0.2, -0.15) is 0 Å². The molecule has 1 aliphatic carbocycles. The minimum Gasteiger partial charge on any atom is -0.384 e. The Kier molecular flexibility index (Phi) is 8.42. The zero-order valence-electron chi connectivity index (χ0n) is 11.8. The molecule has 1 rings (SSSR count). The second kappa shape index (κ2) is 9.70. The molecule has 0 aliphatic heterocycles. The summed E-state index contributed by atoms with van der Waals surface area (Å²) in [6, 6.07) is 0. The molecule has 1 heteroatoms. The molecule has 1 unspecified atom stereocenters. The summed E-state index contributed by atoms with van der Waals surface area (Å²) in [6.07, 6.45) is 16.5. The van der Waals surface area contributed by atoms with Gasteiger partial charge in [-0.1, -0.05) is 57.1 Å². The van der Waals surface area contributed by atoms with E-state index in [0.29, 0.717) is 5.92 Å². The third-order valence-electron chi connectivity index (χ3n) is 3.88. The van der Waals surface area contributed by atoms with E-state index in [1.807, 2.05) is 7.11 Å². The predicted molar refractivity (Wildman–Crippen MR) is 75.3 cm³/mol. The van der Waals surface area contributed by atoms with Gasteiger partial charge in [0.05, 0.1) is 6.61 Å². The highest BCUT2D eigenvalue weighted by Gasteiger charge is 2.08. The summed E-state index contributed by atoms with van der Waals surface area (Å²) in [4.78, 5) is 0. The average Bonchev–Trinajstić information content (AvgIpc) is 2.30. The first-order valence-corrected chi connectivity index (χ1v) is 7.52. The van der Waals surface area contributed by atoms with Crippen molar-refractivity contribution in [2.45, 2.75) is 71.1 Å². The zero-order chi connectivity index (χ0) is 12.3. The van der Waals surface area contributed by atoms with Crippen molar-refractivity contribution in [3.63, 3.8) is 0 Å². The lowest BCUT2D eigenvalue weighted by atomic mass is 9.93. The van der Waals surface area contributed by atoms with Crippen LogP contribution in [0.1, 0.15) is 71.1 Å². The molecule has 1 aliphatic rings. The lowest BCUT2D eigenvalue weighted by Crippen LogP contribution is -2.07. The molecule has 0 aromatic heterocycles. The highest BCUT2D eigenvalue weighted by molar-refractivity contribution is 5.06. The number of hydrogen-bond donors (Lipinski definition) is 0. The molecule has 1 atom stereocenters. The molecular formula is C16H30O. The van der Waals surface area contributed by atoms with Crippen LogP contribution in [0.5, 0.6) is 0 Å². The summed E-state index contributed by atoms with van der Waals surface area (Å²) in [6.45, 7) is 3.19. The molecule has 0 amide bonds. The summed E-state index contributed by atoms with van der Waals surface area (Å²) in [7, 11) is 1.81. The first kappa shape index (κ1) is 14.8. The molecule has 0 saturated carbocycles. The molecule has 0 fully saturated rings. The van der Waals surface area contributed by atoms with E-state index in [9.17, 15) is 0 Å². The number of methoxy groups -OCH3 is 1. The van der Waals surface area contributed by atoms with Crippen LogP contribution < -0.4 is 0 Å². The lowest BCUT2D eigenvalue weighted by molar-refractivity contribution is 0.170. The van der Waals surface area contributed by atoms with Gasteiger partial charge in [0.15, 0.2) is 0 Å². The van der Waals surface area contributed by atoms with Gasteiger partial charge in [0.1, 0.15) is 0 Å². The Hall–Kier alpha value is -0.300. The van der Waals surface area contributed by atoms with Crippen LogP contribution in [0.4, 0.5) is 0 Å². The maximum Gasteiger partial charge on any atom is 0.0525 e. The van der Waals surface area contributed by atoms with E-state index in [1.54, 1.807) is 5.57 Å². The monoisotopic (exact) mass is 238 g/mol. The van der Waals surface area contributed by atoms with Gasteiger partial charge in [0, 0.05) is 13.0 Å². The van der Waals surface area contributed by atoms with Crippen LogP contribution in [-0.4, -0.2) is 13.7 Å². The van der Waals surface area contributed by atoms with E-state index >= 15 is 0 Å². The van der Waals surface area contributed by atoms with Gasteiger partial charge in [-0.05, 0) is 25.7 Å². The van der Waals surface area contributed by atoms with Gasteiger partial charge >= 0.3 is 0 Å². The Labute approximate surface area is 108 Å². The number of hydrogen-bond acceptors (Lipinski definition) is 1. The third-order valence-corrected chi connectivity index (χ3v) is 3.88. The van der Waals surface area contributed by atoms with E-state index in [0.717, 1.165) is 6.61 Å². The van der Waals surface area contributed by atoms with Crippen molar-refractivity contribution in [1.29, 1.82) is 0 Å². The second-order valence-corrected chi connectivity index (χ2v) is 5.50. The van der Waals surface area contributed by atoms with Crippen LogP contribution in [0.3, 0.4) is 0 Å². The molecule has 0 N–H and O–H groups in total. The molecule has 1 nitrogen and oxygen atoms in total. The van der Waals surface area contributed by atoms with Crippen molar-refractivity contribution in [3.05, 3.63) is 11.6 Å². The van der Waals surface area contributed by atoms with E-state index in [4.69, 9.17) is 4.74 Å². The molecular weight excluding hydrogens is 208 g/mol. The summed E-state index contributed by atoms with van der Waals surface area (Å²) < 4.78 is 5.29. The third kappa shape index (κ3) is 6.88. The van der Waals surface area contributed by atoms with Crippen molar-refractivity contribution < 1.29 is 4.74 Å². The Bertz CT molecular complexity index is 208. The SMILES string of the molecule is COCC(C)C1=CCCCCCCCCCC1. The number of rotatable bonds is 3. The zero-order valence-corrected chi connectivity index (χ0v) is 11.8. The van der Waals surface area contributed by atoms with E-state index in [1.165, 1.54) is 64.2 Å². The summed E-state index contributed by atoms with van der Waals surface area (Å²) in [5.41, 5.74) is 1.65. The van der Waals surface area contributed by atoms with Gasteiger partial charge in [0.2, 0.25) is 0 Å². The first-order valence-electron chi connectivity index (χ1n) is 7.52. The minimum absolute atomic E-state index is 0.614. The molecule has 0 aromatic carbocycles. The Balaban J connectivity index is 2.44. The fourth-order valence-corrected chi connectivity index (χ4v) is 2.73. The Morgan fingerprint density at radius 1 is 1.00 bits per heavy atom. The van der Waals surface area contributed by atoms with Crippen LogP contribution in [-0.2, 0) is 4.74 Å². The molecule has 100 valence electrons. The van der Waals surface area contributed by atoms with Crippen molar-refractivity contribution >= 4 is 0 Å². The maximum absolute atomic E-state index is 5.29. The van der Waals surface area contributed by atoms with Gasteiger partial charge in [-0.25, -0.2) is 0 Å². The van der Waals surface area contributed by atoms with Gasteiger partial charge in [0.25, 0.3) is 0 Å². The van der Waals surface area contributed by atoms with E-state index in [-0.39, 0.29) is 0 Å². The Morgan fingerprint density at radius 3 is 2.24 bits per heavy atom. The van der Waals surface area contributed by atoms with Crippen molar-refractivity contribution in [3.8, 4) is 0 Å². The molecule has 0 saturated heterocycles. The quantitative estimate of drug-likeness (QED) is 0.621. The molecule has 0 radical (unpaired) electrons. The number of ether oxygens (including phenoxy) is 1. The summed E-state index contributed by atoms with van der Waals surface area (Å²) in [5, 5.41) is 0. The molecule has 0 heterocycles. The molecule has 0 bridgehead atoms. The predicted octanol–water partition coefficient (Wildman–Crippen LogP) is 5.11. The average molecular weight is 238 g/mol. The summed E-state index contributed by atoms with van der Waals surface area (Å²) in [5.74, 6) is 0.614. The molecule has 17 heavy (non-hydrogen) atoms. The lowest BCUT2D eigenvalue weighted by Gasteiger charge is -2.16. The largest absolute Gasteiger partial charge is 0.384 e. The topological polar surface area (TPSA) is 9.23 Å². The van der Waals surface area contributed by atoms with Gasteiger partial charge in [-0.3, -0.25) is 0 Å². The highest BCUT2D eigenvalue weighted by Crippen LogP contribution is 2.22. The van der Waals surface area contributed by atoms with Gasteiger partial charge in [-0.15, -0.1) is 0 Å². The van der Waals surface area contributed by atoms with Crippen LogP contribution in [0.2, 0.25) is 0 Å². The smallest absolute Gasteiger partial charge is 0.0525 e. The molecule has 0 spiro atoms. The fraction of sp³-hybridized carbons (Fsp3) is 0.875. The van der Waals surface area contributed by atoms with E-state index < -0.39 is 0 Å².